The number of rotatable bonds is 1. The van der Waals surface area contributed by atoms with Crippen LogP contribution in [0.5, 0.6) is 0 Å². The molecule has 1 saturated heterocycles. The molecule has 1 aliphatic heterocycles. The summed E-state index contributed by atoms with van der Waals surface area (Å²) in [7, 11) is 2.10. The first-order chi connectivity index (χ1) is 9.65. The van der Waals surface area contributed by atoms with Crippen molar-refractivity contribution in [3.8, 4) is 0 Å². The van der Waals surface area contributed by atoms with Crippen molar-refractivity contribution in [1.82, 2.24) is 9.88 Å². The highest BCUT2D eigenvalue weighted by atomic mass is 16.1. The Morgan fingerprint density at radius 1 is 1.45 bits per heavy atom. The molecule has 0 radical (unpaired) electrons. The number of nitrogens with one attached hydrogen (secondary N) is 1. The van der Waals surface area contributed by atoms with Crippen LogP contribution in [0.4, 0.5) is 0 Å². The fourth-order valence-corrected chi connectivity index (χ4v) is 4.03. The highest BCUT2D eigenvalue weighted by molar-refractivity contribution is 5.89. The molecule has 1 aliphatic carbocycles. The molecule has 4 rings (SSSR count). The van der Waals surface area contributed by atoms with Crippen molar-refractivity contribution >= 4 is 16.8 Å². The predicted octanol–water partition coefficient (Wildman–Crippen LogP) is 1.28. The summed E-state index contributed by atoms with van der Waals surface area (Å²) in [5.41, 5.74) is 9.59. The molecule has 4 heteroatoms. The molecule has 0 saturated carbocycles. The number of fused-ring (bicyclic) bond motifs is 2. The number of aromatic nitrogens is 1. The fraction of sp³-hybridized carbons (Fsp3) is 0.438. The molecule has 3 N–H and O–H groups in total. The Bertz CT molecular complexity index is 703. The smallest absolute Gasteiger partial charge is 0.221 e. The van der Waals surface area contributed by atoms with Crippen molar-refractivity contribution in [2.75, 3.05) is 6.54 Å². The maximum atomic E-state index is 11.5. The van der Waals surface area contributed by atoms with Crippen LogP contribution in [-0.4, -0.2) is 23.1 Å². The Hall–Kier alpha value is -1.81. The van der Waals surface area contributed by atoms with Gasteiger partial charge >= 0.3 is 0 Å². The maximum Gasteiger partial charge on any atom is 0.221 e. The van der Waals surface area contributed by atoms with Crippen molar-refractivity contribution < 1.29 is 4.79 Å². The summed E-state index contributed by atoms with van der Waals surface area (Å²) < 4.78 is 2.21. The van der Waals surface area contributed by atoms with Crippen LogP contribution in [0.2, 0.25) is 0 Å². The minimum atomic E-state index is -0.179. The molecule has 3 atom stereocenters. The highest BCUT2D eigenvalue weighted by Gasteiger charge is 2.37. The zero-order valence-electron chi connectivity index (χ0n) is 11.6. The predicted molar refractivity (Wildman–Crippen MR) is 78.5 cm³/mol. The third-order valence-corrected chi connectivity index (χ3v) is 5.02. The average Bonchev–Trinajstić information content (AvgIpc) is 2.76. The van der Waals surface area contributed by atoms with Crippen molar-refractivity contribution in [2.45, 2.75) is 24.8 Å². The van der Waals surface area contributed by atoms with Gasteiger partial charge in [0.15, 0.2) is 0 Å². The number of benzene rings is 1. The Balaban J connectivity index is 1.85. The highest BCUT2D eigenvalue weighted by Crippen LogP contribution is 2.42. The summed E-state index contributed by atoms with van der Waals surface area (Å²) in [6, 6.07) is 6.95. The van der Waals surface area contributed by atoms with Gasteiger partial charge in [-0.15, -0.1) is 0 Å². The maximum absolute atomic E-state index is 11.5. The Morgan fingerprint density at radius 3 is 3.10 bits per heavy atom. The van der Waals surface area contributed by atoms with Gasteiger partial charge in [-0.05, 0) is 30.0 Å². The minimum Gasteiger partial charge on any atom is -0.369 e. The average molecular weight is 269 g/mol. The first kappa shape index (κ1) is 12.0. The molecule has 1 unspecified atom stereocenters. The van der Waals surface area contributed by atoms with Gasteiger partial charge in [0.05, 0.1) is 5.92 Å². The third-order valence-electron chi connectivity index (χ3n) is 5.02. The van der Waals surface area contributed by atoms with E-state index in [1.54, 1.807) is 0 Å². The number of carbonyl (C=O) groups excluding carboxylic acids is 1. The molecule has 2 aromatic rings. The summed E-state index contributed by atoms with van der Waals surface area (Å²) in [5.74, 6) is 0.179. The fourth-order valence-electron chi connectivity index (χ4n) is 4.03. The van der Waals surface area contributed by atoms with E-state index in [0.29, 0.717) is 18.5 Å². The lowest BCUT2D eigenvalue weighted by Crippen LogP contribution is -2.49. The summed E-state index contributed by atoms with van der Waals surface area (Å²) >= 11 is 0. The van der Waals surface area contributed by atoms with E-state index in [1.807, 2.05) is 0 Å². The lowest BCUT2D eigenvalue weighted by Gasteiger charge is -2.39. The minimum absolute atomic E-state index is 0.0447. The van der Waals surface area contributed by atoms with E-state index in [-0.39, 0.29) is 11.8 Å². The summed E-state index contributed by atoms with van der Waals surface area (Å²) in [5, 5.41) is 4.93. The number of aryl methyl sites for hydroxylation is 1. The van der Waals surface area contributed by atoms with Crippen LogP contribution in [0.3, 0.4) is 0 Å². The number of amides is 1. The van der Waals surface area contributed by atoms with Gasteiger partial charge in [0.1, 0.15) is 0 Å². The number of nitrogens with zero attached hydrogens (tertiary/aromatic N) is 1. The molecule has 20 heavy (non-hydrogen) atoms. The van der Waals surface area contributed by atoms with Gasteiger partial charge < -0.3 is 15.6 Å². The monoisotopic (exact) mass is 269 g/mol. The molecule has 1 aromatic heterocycles. The van der Waals surface area contributed by atoms with E-state index in [1.165, 1.54) is 22.0 Å². The molecular weight excluding hydrogens is 250 g/mol. The Kier molecular flexibility index (Phi) is 2.45. The lowest BCUT2D eigenvalue weighted by atomic mass is 9.73. The molecule has 104 valence electrons. The lowest BCUT2D eigenvalue weighted by molar-refractivity contribution is -0.122. The molecule has 1 fully saturated rings. The van der Waals surface area contributed by atoms with Crippen molar-refractivity contribution in [3.05, 3.63) is 35.5 Å². The van der Waals surface area contributed by atoms with Gasteiger partial charge in [0, 0.05) is 42.7 Å². The molecule has 0 spiro atoms. The molecule has 4 nitrogen and oxygen atoms in total. The van der Waals surface area contributed by atoms with Crippen LogP contribution in [0.1, 0.15) is 23.5 Å². The quantitative estimate of drug-likeness (QED) is 0.819. The van der Waals surface area contributed by atoms with Crippen LogP contribution < -0.4 is 11.1 Å². The van der Waals surface area contributed by atoms with Crippen LogP contribution in [0.25, 0.3) is 10.9 Å². The van der Waals surface area contributed by atoms with Gasteiger partial charge in [-0.2, -0.15) is 0 Å². The van der Waals surface area contributed by atoms with E-state index < -0.39 is 0 Å². The zero-order valence-corrected chi connectivity index (χ0v) is 11.6. The van der Waals surface area contributed by atoms with Crippen LogP contribution in [0, 0.1) is 5.92 Å². The summed E-state index contributed by atoms with van der Waals surface area (Å²) in [4.78, 5) is 11.5. The van der Waals surface area contributed by atoms with Crippen LogP contribution >= 0.6 is 0 Å². The van der Waals surface area contributed by atoms with E-state index in [9.17, 15) is 4.79 Å². The van der Waals surface area contributed by atoms with Crippen molar-refractivity contribution in [3.63, 3.8) is 0 Å². The second-order valence-electron chi connectivity index (χ2n) is 6.17. The van der Waals surface area contributed by atoms with Gasteiger partial charge in [0.2, 0.25) is 5.91 Å². The van der Waals surface area contributed by atoms with Gasteiger partial charge in [-0.3, -0.25) is 4.79 Å². The second kappa shape index (κ2) is 4.09. The number of primary amides is 1. The molecule has 2 aliphatic rings. The Labute approximate surface area is 117 Å². The van der Waals surface area contributed by atoms with E-state index in [0.717, 1.165) is 12.8 Å². The number of piperidine rings is 1. The van der Waals surface area contributed by atoms with Gasteiger partial charge in [0.25, 0.3) is 0 Å². The van der Waals surface area contributed by atoms with Gasteiger partial charge in [-0.25, -0.2) is 0 Å². The molecule has 1 amide bonds. The summed E-state index contributed by atoms with van der Waals surface area (Å²) in [6.45, 7) is 0.717. The Morgan fingerprint density at radius 2 is 2.30 bits per heavy atom. The molecule has 2 heterocycles. The van der Waals surface area contributed by atoms with Gasteiger partial charge in [-0.1, -0.05) is 12.1 Å². The summed E-state index contributed by atoms with van der Waals surface area (Å²) in [6.07, 6.45) is 4.16. The SMILES string of the molecule is Cn1cc2c3c(cccc31)[C@H]1CC(C(N)=O)CN[C@@H]1C2. The zero-order chi connectivity index (χ0) is 13.9. The second-order valence-corrected chi connectivity index (χ2v) is 6.17. The normalized spacial score (nSPS) is 28.4. The number of carbonyl (C=O) groups is 1. The van der Waals surface area contributed by atoms with Crippen LogP contribution in [0.15, 0.2) is 24.4 Å². The van der Waals surface area contributed by atoms with E-state index in [4.69, 9.17) is 5.73 Å². The molecule has 1 aromatic carbocycles. The largest absolute Gasteiger partial charge is 0.369 e. The topological polar surface area (TPSA) is 60.0 Å². The third kappa shape index (κ3) is 1.54. The first-order valence-electron chi connectivity index (χ1n) is 7.24. The number of hydrogen-bond donors (Lipinski definition) is 2. The first-order valence-corrected chi connectivity index (χ1v) is 7.24. The number of hydrogen-bond acceptors (Lipinski definition) is 2. The van der Waals surface area contributed by atoms with Crippen molar-refractivity contribution in [2.24, 2.45) is 18.7 Å². The molecule has 0 bridgehead atoms. The number of nitrogens with two attached hydrogens (primary N) is 1. The van der Waals surface area contributed by atoms with Crippen LogP contribution in [-0.2, 0) is 18.3 Å². The standard InChI is InChI=1S/C16H19N3O/c1-19-8-10-6-13-12(5-9(7-18-13)16(17)20)11-3-2-4-14(19)15(10)11/h2-4,8-9,12-13,18H,5-7H2,1H3,(H2,17,20)/t9?,12-,13-/m1/s1. The van der Waals surface area contributed by atoms with Crippen molar-refractivity contribution in [1.29, 1.82) is 0 Å². The van der Waals surface area contributed by atoms with E-state index >= 15 is 0 Å². The molecular formula is C16H19N3O. The van der Waals surface area contributed by atoms with E-state index in [2.05, 4.69) is 41.3 Å².